The Morgan fingerprint density at radius 1 is 1.24 bits per heavy atom. The Kier molecular flexibility index (Phi) is 4.93. The molecule has 0 bridgehead atoms. The van der Waals surface area contributed by atoms with Gasteiger partial charge in [-0.15, -0.1) is 0 Å². The topological polar surface area (TPSA) is 89.1 Å². The van der Waals surface area contributed by atoms with Crippen LogP contribution in [-0.4, -0.2) is 26.0 Å². The van der Waals surface area contributed by atoms with Crippen LogP contribution in [-0.2, 0) is 0 Å². The first-order valence-corrected chi connectivity index (χ1v) is 8.04. The number of hydrogen-bond donors (Lipinski definition) is 1. The van der Waals surface area contributed by atoms with E-state index in [-0.39, 0.29) is 10.5 Å². The fourth-order valence-electron chi connectivity index (χ4n) is 2.08. The third-order valence-electron chi connectivity index (χ3n) is 3.27. The molecule has 0 atom stereocenters. The van der Waals surface area contributed by atoms with Crippen molar-refractivity contribution in [2.45, 2.75) is 0 Å². The molecule has 0 aliphatic carbocycles. The minimum Gasteiger partial charge on any atom is -0.258 e. The maximum Gasteiger partial charge on any atom is 0.270 e. The minimum atomic E-state index is -0.508. The zero-order valence-electron chi connectivity index (χ0n) is 12.4. The van der Waals surface area contributed by atoms with Crippen molar-refractivity contribution in [1.29, 1.82) is 0 Å². The Morgan fingerprint density at radius 3 is 2.72 bits per heavy atom. The van der Waals surface area contributed by atoms with E-state index >= 15 is 0 Å². The molecule has 0 radical (unpaired) electrons. The van der Waals surface area contributed by atoms with E-state index in [4.69, 9.17) is 35.4 Å². The van der Waals surface area contributed by atoms with Gasteiger partial charge >= 0.3 is 0 Å². The summed E-state index contributed by atoms with van der Waals surface area (Å²) in [5, 5.41) is 22.7. The van der Waals surface area contributed by atoms with E-state index in [9.17, 15) is 10.1 Å². The molecule has 1 aromatic heterocycles. The maximum absolute atomic E-state index is 10.9. The van der Waals surface area contributed by atoms with E-state index in [2.05, 4.69) is 15.3 Å². The lowest BCUT2D eigenvalue weighted by molar-refractivity contribution is -0.384. The lowest BCUT2D eigenvalue weighted by Crippen LogP contribution is -1.97. The van der Waals surface area contributed by atoms with Crippen LogP contribution in [0.25, 0.3) is 11.4 Å². The van der Waals surface area contributed by atoms with Gasteiger partial charge in [-0.3, -0.25) is 10.1 Å². The molecule has 2 aromatic carbocycles. The summed E-state index contributed by atoms with van der Waals surface area (Å²) in [7, 11) is 0. The molecule has 3 rings (SSSR count). The number of nitro benzene ring substituents is 1. The number of rotatable bonds is 4. The normalized spacial score (nSPS) is 11.1. The standard InChI is InChI=1S/C15H9Cl2N5O2S/c16-12-6-5-10(22(23)24)7-9(12)8-18-21-14(19-20-15(21)25)11-3-1-2-4-13(11)17/h1-8H,(H,20,25)/b18-8+. The Morgan fingerprint density at radius 2 is 2.00 bits per heavy atom. The number of aromatic nitrogens is 3. The highest BCUT2D eigenvalue weighted by Gasteiger charge is 2.12. The SMILES string of the molecule is O=[N+]([O-])c1ccc(Cl)c(/C=N/n2c(-c3ccccc3Cl)n[nH]c2=S)c1. The van der Waals surface area contributed by atoms with Crippen molar-refractivity contribution >= 4 is 47.3 Å². The number of nitrogens with zero attached hydrogens (tertiary/aromatic N) is 4. The van der Waals surface area contributed by atoms with Crippen LogP contribution >= 0.6 is 35.4 Å². The van der Waals surface area contributed by atoms with E-state index in [1.807, 2.05) is 6.07 Å². The molecule has 126 valence electrons. The van der Waals surface area contributed by atoms with Gasteiger partial charge in [0, 0.05) is 28.3 Å². The third-order valence-corrected chi connectivity index (χ3v) is 4.21. The van der Waals surface area contributed by atoms with Gasteiger partial charge in [0.2, 0.25) is 4.77 Å². The first-order valence-electron chi connectivity index (χ1n) is 6.88. The van der Waals surface area contributed by atoms with Gasteiger partial charge in [-0.2, -0.15) is 14.9 Å². The lowest BCUT2D eigenvalue weighted by atomic mass is 10.2. The van der Waals surface area contributed by atoms with E-state index in [1.165, 1.54) is 29.1 Å². The number of nitrogens with one attached hydrogen (secondary N) is 1. The van der Waals surface area contributed by atoms with Crippen LogP contribution in [0.3, 0.4) is 0 Å². The van der Waals surface area contributed by atoms with Crippen molar-refractivity contribution in [3.63, 3.8) is 0 Å². The second-order valence-corrected chi connectivity index (χ2v) is 6.05. The summed E-state index contributed by atoms with van der Waals surface area (Å²) < 4.78 is 1.61. The number of non-ortho nitro benzene ring substituents is 1. The van der Waals surface area contributed by atoms with Crippen LogP contribution in [0.1, 0.15) is 5.56 Å². The van der Waals surface area contributed by atoms with Crippen molar-refractivity contribution in [3.05, 3.63) is 73.0 Å². The number of aromatic amines is 1. The Balaban J connectivity index is 2.05. The van der Waals surface area contributed by atoms with Gasteiger partial charge in [0.05, 0.1) is 16.2 Å². The van der Waals surface area contributed by atoms with Gasteiger partial charge in [-0.05, 0) is 30.4 Å². The number of benzene rings is 2. The molecular formula is C15H9Cl2N5O2S. The largest absolute Gasteiger partial charge is 0.270 e. The monoisotopic (exact) mass is 393 g/mol. The van der Waals surface area contributed by atoms with Crippen molar-refractivity contribution in [2.75, 3.05) is 0 Å². The highest BCUT2D eigenvalue weighted by atomic mass is 35.5. The Labute approximate surface area is 156 Å². The van der Waals surface area contributed by atoms with E-state index < -0.39 is 4.92 Å². The van der Waals surface area contributed by atoms with Crippen LogP contribution in [0.2, 0.25) is 10.0 Å². The molecule has 0 aliphatic heterocycles. The second kappa shape index (κ2) is 7.14. The van der Waals surface area contributed by atoms with Crippen LogP contribution in [0.5, 0.6) is 0 Å². The quantitative estimate of drug-likeness (QED) is 0.301. The van der Waals surface area contributed by atoms with Gasteiger partial charge in [0.25, 0.3) is 5.69 Å². The molecular weight excluding hydrogens is 385 g/mol. The van der Waals surface area contributed by atoms with Gasteiger partial charge in [-0.25, -0.2) is 5.10 Å². The van der Waals surface area contributed by atoms with Crippen molar-refractivity contribution in [2.24, 2.45) is 5.10 Å². The van der Waals surface area contributed by atoms with Crippen molar-refractivity contribution < 1.29 is 4.92 Å². The summed E-state index contributed by atoms with van der Waals surface area (Å²) in [6.07, 6.45) is 1.38. The van der Waals surface area contributed by atoms with Crippen molar-refractivity contribution in [3.8, 4) is 11.4 Å². The highest BCUT2D eigenvalue weighted by molar-refractivity contribution is 7.71. The average molecular weight is 394 g/mol. The summed E-state index contributed by atoms with van der Waals surface area (Å²) in [5.41, 5.74) is 0.927. The predicted octanol–water partition coefficient (Wildman–Crippen LogP) is 4.70. The summed E-state index contributed by atoms with van der Waals surface area (Å²) in [4.78, 5) is 10.4. The second-order valence-electron chi connectivity index (χ2n) is 4.85. The summed E-state index contributed by atoms with van der Waals surface area (Å²) >= 11 is 17.4. The van der Waals surface area contributed by atoms with Crippen LogP contribution in [0.15, 0.2) is 47.6 Å². The Bertz CT molecular complexity index is 1040. The van der Waals surface area contributed by atoms with Gasteiger partial charge in [-0.1, -0.05) is 35.3 Å². The van der Waals surface area contributed by atoms with E-state index in [0.29, 0.717) is 27.0 Å². The van der Waals surface area contributed by atoms with Crippen LogP contribution in [0, 0.1) is 14.9 Å². The summed E-state index contributed by atoms with van der Waals surface area (Å²) in [6, 6.07) is 11.2. The zero-order chi connectivity index (χ0) is 18.0. The van der Waals surface area contributed by atoms with Crippen molar-refractivity contribution in [1.82, 2.24) is 14.9 Å². The molecule has 0 spiro atoms. The molecule has 10 heteroatoms. The molecule has 7 nitrogen and oxygen atoms in total. The first-order chi connectivity index (χ1) is 12.0. The zero-order valence-corrected chi connectivity index (χ0v) is 14.7. The molecule has 3 aromatic rings. The molecule has 1 heterocycles. The summed E-state index contributed by atoms with van der Waals surface area (Å²) in [5.74, 6) is 0.411. The molecule has 0 amide bonds. The third kappa shape index (κ3) is 3.60. The van der Waals surface area contributed by atoms with Crippen LogP contribution < -0.4 is 0 Å². The first kappa shape index (κ1) is 17.3. The predicted molar refractivity (Wildman–Crippen MR) is 99.0 cm³/mol. The fraction of sp³-hybridized carbons (Fsp3) is 0. The number of H-pyrrole nitrogens is 1. The van der Waals surface area contributed by atoms with Crippen LogP contribution in [0.4, 0.5) is 5.69 Å². The maximum atomic E-state index is 10.9. The molecule has 0 saturated heterocycles. The fourth-order valence-corrected chi connectivity index (χ4v) is 2.65. The van der Waals surface area contributed by atoms with Gasteiger partial charge in [0.1, 0.15) is 0 Å². The van der Waals surface area contributed by atoms with Gasteiger partial charge in [0.15, 0.2) is 5.82 Å². The number of halogens is 2. The minimum absolute atomic E-state index is 0.0898. The summed E-state index contributed by atoms with van der Waals surface area (Å²) in [6.45, 7) is 0. The molecule has 0 fully saturated rings. The Hall–Kier alpha value is -2.55. The molecule has 1 N–H and O–H groups in total. The molecule has 0 aliphatic rings. The molecule has 0 unspecified atom stereocenters. The molecule has 0 saturated carbocycles. The number of nitro groups is 1. The number of hydrogen-bond acceptors (Lipinski definition) is 5. The van der Waals surface area contributed by atoms with E-state index in [0.717, 1.165) is 0 Å². The smallest absolute Gasteiger partial charge is 0.258 e. The lowest BCUT2D eigenvalue weighted by Gasteiger charge is -2.03. The highest BCUT2D eigenvalue weighted by Crippen LogP contribution is 2.26. The molecule has 25 heavy (non-hydrogen) atoms. The van der Waals surface area contributed by atoms with E-state index in [1.54, 1.807) is 18.2 Å². The average Bonchev–Trinajstić information content (AvgIpc) is 2.95. The van der Waals surface area contributed by atoms with Gasteiger partial charge < -0.3 is 0 Å².